The Hall–Kier alpha value is -4.41. The Kier molecular flexibility index (Phi) is 10.1. The third-order valence-electron chi connectivity index (χ3n) is 9.20. The number of alkyl halides is 3. The van der Waals surface area contributed by atoms with Crippen molar-refractivity contribution in [3.8, 4) is 5.75 Å². The summed E-state index contributed by atoms with van der Waals surface area (Å²) >= 11 is 0. The van der Waals surface area contributed by atoms with Crippen LogP contribution in [-0.4, -0.2) is 83.2 Å². The molecule has 2 saturated carbocycles. The van der Waals surface area contributed by atoms with Gasteiger partial charge in [0.05, 0.1) is 22.9 Å². The highest BCUT2D eigenvalue weighted by molar-refractivity contribution is 7.91. The second kappa shape index (κ2) is 13.5. The van der Waals surface area contributed by atoms with Gasteiger partial charge in [-0.15, -0.1) is 6.58 Å². The van der Waals surface area contributed by atoms with Gasteiger partial charge in [0, 0.05) is 23.9 Å². The Labute approximate surface area is 300 Å². The highest BCUT2D eigenvalue weighted by Gasteiger charge is 2.62. The van der Waals surface area contributed by atoms with Crippen LogP contribution in [0.25, 0.3) is 10.9 Å². The van der Waals surface area contributed by atoms with Gasteiger partial charge in [-0.3, -0.25) is 24.1 Å². The van der Waals surface area contributed by atoms with E-state index < -0.39 is 91.5 Å². The molecule has 4 amide bonds. The van der Waals surface area contributed by atoms with Gasteiger partial charge in [-0.05, 0) is 69.7 Å². The molecule has 1 saturated heterocycles. The number of halogens is 3. The third kappa shape index (κ3) is 8.45. The van der Waals surface area contributed by atoms with E-state index in [1.807, 2.05) is 0 Å². The van der Waals surface area contributed by atoms with Crippen LogP contribution >= 0.6 is 0 Å². The maximum atomic E-state index is 14.4. The Morgan fingerprint density at radius 2 is 1.75 bits per heavy atom. The van der Waals surface area contributed by atoms with Gasteiger partial charge in [0.1, 0.15) is 35.1 Å². The van der Waals surface area contributed by atoms with Gasteiger partial charge in [0.15, 0.2) is 0 Å². The van der Waals surface area contributed by atoms with Crippen molar-refractivity contribution in [3.63, 3.8) is 0 Å². The molecule has 2 heterocycles. The minimum atomic E-state index is -4.60. The number of ether oxygens (including phenoxy) is 2. The lowest BCUT2D eigenvalue weighted by Gasteiger charge is -2.36. The van der Waals surface area contributed by atoms with Gasteiger partial charge in [-0.2, -0.15) is 13.2 Å². The SMILES string of the molecule is C=CC1CC1(NC(=O)C1CC(Oc2ccnc3cc(C(F)(F)F)ccc23)CN1C(=O)C(NC(=O)OC(C)(C)C)C(C)(C)C)C(=O)NS(=O)(=O)C1CC1. The lowest BCUT2D eigenvalue weighted by Crippen LogP contribution is -2.60. The molecule has 1 aromatic heterocycles. The first-order valence-corrected chi connectivity index (χ1v) is 18.4. The minimum Gasteiger partial charge on any atom is -0.488 e. The number of hydrogen-bond acceptors (Lipinski definition) is 9. The van der Waals surface area contributed by atoms with E-state index in [0.717, 1.165) is 12.1 Å². The number of amides is 4. The van der Waals surface area contributed by atoms with Crippen LogP contribution in [0.5, 0.6) is 5.75 Å². The van der Waals surface area contributed by atoms with Gasteiger partial charge in [-0.1, -0.05) is 26.8 Å². The summed E-state index contributed by atoms with van der Waals surface area (Å²) in [5, 5.41) is 4.89. The van der Waals surface area contributed by atoms with Crippen molar-refractivity contribution in [2.45, 2.75) is 108 Å². The van der Waals surface area contributed by atoms with Gasteiger partial charge in [0.2, 0.25) is 21.8 Å². The molecule has 2 aromatic rings. The molecule has 0 bridgehead atoms. The molecule has 3 fully saturated rings. The minimum absolute atomic E-state index is 0.0141. The second-order valence-corrected chi connectivity index (χ2v) is 17.6. The fourth-order valence-electron chi connectivity index (χ4n) is 6.21. The zero-order valence-corrected chi connectivity index (χ0v) is 30.6. The summed E-state index contributed by atoms with van der Waals surface area (Å²) in [6.07, 6.45) is -2.86. The summed E-state index contributed by atoms with van der Waals surface area (Å²) in [5.74, 6) is -2.79. The lowest BCUT2D eigenvalue weighted by atomic mass is 9.85. The number of rotatable bonds is 10. The Morgan fingerprint density at radius 3 is 2.31 bits per heavy atom. The lowest BCUT2D eigenvalue weighted by molar-refractivity contribution is -0.143. The number of fused-ring (bicyclic) bond motifs is 1. The number of sulfonamides is 1. The van der Waals surface area contributed by atoms with E-state index in [9.17, 15) is 40.8 Å². The molecule has 5 unspecified atom stereocenters. The fraction of sp³-hybridized carbons (Fsp3) is 0.571. The molecule has 5 atom stereocenters. The van der Waals surface area contributed by atoms with Crippen molar-refractivity contribution < 1.29 is 50.2 Å². The molecule has 3 aliphatic rings. The average Bonchev–Trinajstić information content (AvgIpc) is 3.94. The van der Waals surface area contributed by atoms with Gasteiger partial charge in [-0.25, -0.2) is 13.2 Å². The van der Waals surface area contributed by atoms with Crippen LogP contribution in [0.3, 0.4) is 0 Å². The predicted octanol–water partition coefficient (Wildman–Crippen LogP) is 4.21. The van der Waals surface area contributed by atoms with E-state index in [4.69, 9.17) is 9.47 Å². The van der Waals surface area contributed by atoms with E-state index in [-0.39, 0.29) is 36.0 Å². The molecule has 17 heteroatoms. The fourth-order valence-corrected chi connectivity index (χ4v) is 7.58. The molecule has 1 aliphatic heterocycles. The van der Waals surface area contributed by atoms with Crippen molar-refractivity contribution in [1.82, 2.24) is 25.2 Å². The highest BCUT2D eigenvalue weighted by atomic mass is 32.2. The molecular weight excluding hydrogens is 707 g/mol. The molecule has 1 aromatic carbocycles. The number of nitrogens with zero attached hydrogens (tertiary/aromatic N) is 2. The first kappa shape index (κ1) is 38.8. The largest absolute Gasteiger partial charge is 0.488 e. The summed E-state index contributed by atoms with van der Waals surface area (Å²) in [4.78, 5) is 60.1. The molecular formula is C35H44F3N5O8S. The van der Waals surface area contributed by atoms with Crippen LogP contribution in [0, 0.1) is 11.3 Å². The van der Waals surface area contributed by atoms with Crippen LogP contribution in [0.2, 0.25) is 0 Å². The van der Waals surface area contributed by atoms with Crippen molar-refractivity contribution in [2.24, 2.45) is 11.3 Å². The number of carbonyl (C=O) groups is 4. The Balaban J connectivity index is 1.45. The standard InChI is InChI=1S/C35H44F3N5O8S/c1-8-19-17-34(19,30(46)42-52(48,49)22-10-11-22)41-28(44)25-16-21(50-26-13-14-39-24-15-20(35(36,37)38)9-12-23(24)26)18-43(25)29(45)27(32(2,3)4)40-31(47)51-33(5,6)7/h8-9,12-15,19,21-22,25,27H,1,10-11,16-18H2,2-7H3,(H,40,47)(H,41,44)(H,42,46). The van der Waals surface area contributed by atoms with Crippen LogP contribution in [-0.2, 0) is 35.3 Å². The average molecular weight is 752 g/mol. The normalized spacial score (nSPS) is 24.1. The smallest absolute Gasteiger partial charge is 0.416 e. The van der Waals surface area contributed by atoms with Crippen molar-refractivity contribution in [1.29, 1.82) is 0 Å². The molecule has 0 spiro atoms. The number of hydrogen-bond donors (Lipinski definition) is 3. The number of alkyl carbamates (subject to hydrolysis) is 1. The maximum Gasteiger partial charge on any atom is 0.416 e. The quantitative estimate of drug-likeness (QED) is 0.301. The second-order valence-electron chi connectivity index (χ2n) is 15.6. The van der Waals surface area contributed by atoms with E-state index in [0.29, 0.717) is 12.8 Å². The number of pyridine rings is 1. The Morgan fingerprint density at radius 1 is 1.08 bits per heavy atom. The highest BCUT2D eigenvalue weighted by Crippen LogP contribution is 2.46. The molecule has 284 valence electrons. The zero-order valence-electron chi connectivity index (χ0n) is 29.8. The van der Waals surface area contributed by atoms with Crippen molar-refractivity contribution >= 4 is 44.7 Å². The van der Waals surface area contributed by atoms with Gasteiger partial charge >= 0.3 is 12.3 Å². The number of likely N-dealkylation sites (tertiary alicyclic amines) is 1. The van der Waals surface area contributed by atoms with Gasteiger partial charge < -0.3 is 25.0 Å². The number of aromatic nitrogens is 1. The van der Waals surface area contributed by atoms with E-state index in [1.165, 1.54) is 29.3 Å². The number of benzene rings is 1. The van der Waals surface area contributed by atoms with Crippen LogP contribution in [0.4, 0.5) is 18.0 Å². The first-order valence-electron chi connectivity index (χ1n) is 16.9. The van der Waals surface area contributed by atoms with Gasteiger partial charge in [0.25, 0.3) is 5.91 Å². The predicted molar refractivity (Wildman–Crippen MR) is 183 cm³/mol. The molecule has 2 aliphatic carbocycles. The van der Waals surface area contributed by atoms with E-state index in [2.05, 4.69) is 26.9 Å². The topological polar surface area (TPSA) is 173 Å². The summed E-state index contributed by atoms with van der Waals surface area (Å²) in [6, 6.07) is 1.98. The summed E-state index contributed by atoms with van der Waals surface area (Å²) in [7, 11) is -3.95. The number of nitrogens with one attached hydrogen (secondary N) is 3. The van der Waals surface area contributed by atoms with Crippen molar-refractivity contribution in [3.05, 3.63) is 48.7 Å². The first-order chi connectivity index (χ1) is 23.9. The van der Waals surface area contributed by atoms with Crippen LogP contribution in [0.15, 0.2) is 43.1 Å². The summed E-state index contributed by atoms with van der Waals surface area (Å²) < 4.78 is 79.2. The zero-order chi connectivity index (χ0) is 38.6. The molecule has 3 N–H and O–H groups in total. The third-order valence-corrected chi connectivity index (χ3v) is 11.0. The van der Waals surface area contributed by atoms with Crippen LogP contribution < -0.4 is 20.1 Å². The monoisotopic (exact) mass is 751 g/mol. The summed E-state index contributed by atoms with van der Waals surface area (Å²) in [6.45, 7) is 13.6. The maximum absolute atomic E-state index is 14.4. The van der Waals surface area contributed by atoms with Crippen LogP contribution in [0.1, 0.15) is 72.8 Å². The van der Waals surface area contributed by atoms with E-state index in [1.54, 1.807) is 41.5 Å². The summed E-state index contributed by atoms with van der Waals surface area (Å²) in [5.41, 5.74) is -4.30. The Bertz CT molecular complexity index is 1890. The molecule has 52 heavy (non-hydrogen) atoms. The molecule has 5 rings (SSSR count). The molecule has 0 radical (unpaired) electrons. The number of carbonyl (C=O) groups excluding carboxylic acids is 4. The molecule has 13 nitrogen and oxygen atoms in total. The van der Waals surface area contributed by atoms with E-state index >= 15 is 0 Å². The van der Waals surface area contributed by atoms with Crippen molar-refractivity contribution in [2.75, 3.05) is 6.54 Å².